The number of aryl methyl sites for hydroxylation is 2. The lowest BCUT2D eigenvalue weighted by Crippen LogP contribution is -2.40. The lowest BCUT2D eigenvalue weighted by Gasteiger charge is -2.11. The third-order valence-electron chi connectivity index (χ3n) is 5.59. The van der Waals surface area contributed by atoms with Crippen molar-refractivity contribution in [1.29, 1.82) is 0 Å². The Kier molecular flexibility index (Phi) is 7.75. The number of fused-ring (bicyclic) bond motifs is 1. The van der Waals surface area contributed by atoms with Crippen LogP contribution in [0.2, 0.25) is 10.3 Å². The summed E-state index contributed by atoms with van der Waals surface area (Å²) >= 11 is 12.0. The standard InChI is InChI=1S/C25H26Cl2N4O3/c1-2-3-4-13-30-22-21(28-24(27)29-22)23(32)31(25(30)33)14-7-9-17-8-5-11-19(15-17)34-20-12-6-10-18(26)16-20/h5-6,8,10-12,15-16H,2-4,7,9,13-14H2,1H3,(H,28,29). The molecule has 0 fully saturated rings. The molecule has 1 N–H and O–H groups in total. The third-order valence-corrected chi connectivity index (χ3v) is 6.01. The molecule has 0 aliphatic rings. The molecule has 4 rings (SSSR count). The first-order valence-corrected chi connectivity index (χ1v) is 12.1. The molecule has 0 unspecified atom stereocenters. The van der Waals surface area contributed by atoms with Gasteiger partial charge >= 0.3 is 5.69 Å². The first kappa shape index (κ1) is 24.1. The molecular weight excluding hydrogens is 475 g/mol. The van der Waals surface area contributed by atoms with Gasteiger partial charge in [-0.3, -0.25) is 13.9 Å². The summed E-state index contributed by atoms with van der Waals surface area (Å²) in [5.41, 5.74) is 0.872. The minimum absolute atomic E-state index is 0.102. The number of aromatic nitrogens is 4. The van der Waals surface area contributed by atoms with Crippen LogP contribution in [-0.4, -0.2) is 19.1 Å². The lowest BCUT2D eigenvalue weighted by molar-refractivity contribution is 0.481. The zero-order valence-corrected chi connectivity index (χ0v) is 20.4. The van der Waals surface area contributed by atoms with Crippen molar-refractivity contribution >= 4 is 34.4 Å². The number of halogens is 2. The summed E-state index contributed by atoms with van der Waals surface area (Å²) in [6, 6.07) is 15.0. The third kappa shape index (κ3) is 5.54. The van der Waals surface area contributed by atoms with Crippen LogP contribution in [0.3, 0.4) is 0 Å². The van der Waals surface area contributed by atoms with E-state index in [0.717, 1.165) is 24.8 Å². The number of ether oxygens (including phenoxy) is 1. The highest BCUT2D eigenvalue weighted by atomic mass is 35.5. The second-order valence-electron chi connectivity index (χ2n) is 8.13. The molecule has 178 valence electrons. The molecule has 0 bridgehead atoms. The van der Waals surface area contributed by atoms with Crippen LogP contribution < -0.4 is 16.0 Å². The van der Waals surface area contributed by atoms with Gasteiger partial charge in [-0.15, -0.1) is 0 Å². The van der Waals surface area contributed by atoms with Crippen molar-refractivity contribution in [1.82, 2.24) is 19.1 Å². The summed E-state index contributed by atoms with van der Waals surface area (Å²) in [6.07, 6.45) is 4.12. The number of nitrogens with one attached hydrogen (secondary N) is 1. The molecule has 34 heavy (non-hydrogen) atoms. The second kappa shape index (κ2) is 10.9. The van der Waals surface area contributed by atoms with E-state index >= 15 is 0 Å². The van der Waals surface area contributed by atoms with Crippen molar-refractivity contribution in [2.24, 2.45) is 0 Å². The number of nitrogens with zero attached hydrogens (tertiary/aromatic N) is 3. The summed E-state index contributed by atoms with van der Waals surface area (Å²) in [5.74, 6) is 1.36. The molecule has 4 aromatic rings. The Morgan fingerprint density at radius 2 is 1.68 bits per heavy atom. The molecule has 0 aliphatic carbocycles. The van der Waals surface area contributed by atoms with E-state index in [2.05, 4.69) is 16.9 Å². The van der Waals surface area contributed by atoms with E-state index in [-0.39, 0.29) is 23.0 Å². The van der Waals surface area contributed by atoms with Crippen LogP contribution in [0, 0.1) is 0 Å². The van der Waals surface area contributed by atoms with Gasteiger partial charge in [0, 0.05) is 18.1 Å². The van der Waals surface area contributed by atoms with Crippen LogP contribution in [0.15, 0.2) is 58.1 Å². The molecule has 0 atom stereocenters. The van der Waals surface area contributed by atoms with Gasteiger partial charge in [-0.2, -0.15) is 4.98 Å². The highest BCUT2D eigenvalue weighted by Crippen LogP contribution is 2.25. The van der Waals surface area contributed by atoms with E-state index in [1.54, 1.807) is 16.7 Å². The van der Waals surface area contributed by atoms with Crippen molar-refractivity contribution in [3.8, 4) is 11.5 Å². The average molecular weight is 501 g/mol. The number of aromatic amines is 1. The van der Waals surface area contributed by atoms with Crippen LogP contribution >= 0.6 is 23.2 Å². The quantitative estimate of drug-likeness (QED) is 0.220. The Hall–Kier alpha value is -3.03. The first-order chi connectivity index (χ1) is 16.5. The first-order valence-electron chi connectivity index (χ1n) is 11.4. The molecule has 9 heteroatoms. The van der Waals surface area contributed by atoms with Gasteiger partial charge < -0.3 is 9.72 Å². The lowest BCUT2D eigenvalue weighted by atomic mass is 10.1. The number of hydrogen-bond donors (Lipinski definition) is 1. The smallest absolute Gasteiger partial charge is 0.332 e. The van der Waals surface area contributed by atoms with Crippen molar-refractivity contribution in [2.45, 2.75) is 52.1 Å². The SMILES string of the molecule is CCCCCn1c(=O)n(CCCc2cccc(Oc3cccc(Cl)c3)c2)c(=O)c2[nH]c(Cl)nc21. The van der Waals surface area contributed by atoms with Crippen LogP contribution in [0.5, 0.6) is 11.5 Å². The minimum atomic E-state index is -0.399. The Labute approximate surface area is 206 Å². The molecular formula is C25H26Cl2N4O3. The summed E-state index contributed by atoms with van der Waals surface area (Å²) in [4.78, 5) is 33.1. The van der Waals surface area contributed by atoms with Gasteiger partial charge in [-0.1, -0.05) is 49.6 Å². The number of H-pyrrole nitrogens is 1. The molecule has 2 heterocycles. The van der Waals surface area contributed by atoms with Gasteiger partial charge in [0.05, 0.1) is 0 Å². The minimum Gasteiger partial charge on any atom is -0.457 e. The Morgan fingerprint density at radius 3 is 2.44 bits per heavy atom. The Morgan fingerprint density at radius 1 is 0.941 bits per heavy atom. The predicted octanol–water partition coefficient (Wildman–Crippen LogP) is 5.81. The molecule has 0 saturated carbocycles. The zero-order chi connectivity index (χ0) is 24.1. The molecule has 0 spiro atoms. The summed E-state index contributed by atoms with van der Waals surface area (Å²) in [6.45, 7) is 2.88. The van der Waals surface area contributed by atoms with Gasteiger partial charge in [0.1, 0.15) is 11.5 Å². The van der Waals surface area contributed by atoms with Crippen LogP contribution in [0.1, 0.15) is 38.2 Å². The van der Waals surface area contributed by atoms with Crippen LogP contribution in [0.4, 0.5) is 0 Å². The van der Waals surface area contributed by atoms with E-state index < -0.39 is 5.56 Å². The fourth-order valence-corrected chi connectivity index (χ4v) is 4.28. The Bertz CT molecular complexity index is 1410. The van der Waals surface area contributed by atoms with E-state index in [0.29, 0.717) is 41.6 Å². The number of unbranched alkanes of at least 4 members (excludes halogenated alkanes) is 2. The molecule has 7 nitrogen and oxygen atoms in total. The number of rotatable bonds is 10. The van der Waals surface area contributed by atoms with Gasteiger partial charge in [-0.25, -0.2) is 4.79 Å². The maximum Gasteiger partial charge on any atom is 0.332 e. The maximum absolute atomic E-state index is 13.1. The zero-order valence-electron chi connectivity index (χ0n) is 18.9. The number of hydrogen-bond acceptors (Lipinski definition) is 4. The second-order valence-corrected chi connectivity index (χ2v) is 8.93. The highest BCUT2D eigenvalue weighted by Gasteiger charge is 2.16. The highest BCUT2D eigenvalue weighted by molar-refractivity contribution is 6.30. The van der Waals surface area contributed by atoms with Gasteiger partial charge in [0.15, 0.2) is 11.2 Å². The van der Waals surface area contributed by atoms with Crippen molar-refractivity contribution in [2.75, 3.05) is 0 Å². The molecule has 2 aromatic heterocycles. The van der Waals surface area contributed by atoms with Crippen LogP contribution in [-0.2, 0) is 19.5 Å². The normalized spacial score (nSPS) is 11.3. The summed E-state index contributed by atoms with van der Waals surface area (Å²) < 4.78 is 8.72. The Balaban J connectivity index is 1.50. The number of benzene rings is 2. The van der Waals surface area contributed by atoms with E-state index in [1.807, 2.05) is 36.4 Å². The summed E-state index contributed by atoms with van der Waals surface area (Å²) in [7, 11) is 0. The predicted molar refractivity (Wildman–Crippen MR) is 135 cm³/mol. The van der Waals surface area contributed by atoms with E-state index in [9.17, 15) is 9.59 Å². The van der Waals surface area contributed by atoms with Gasteiger partial charge in [0.2, 0.25) is 5.28 Å². The average Bonchev–Trinajstić information content (AvgIpc) is 3.20. The number of imidazole rings is 1. The summed E-state index contributed by atoms with van der Waals surface area (Å²) in [5, 5.41) is 0.708. The van der Waals surface area contributed by atoms with Gasteiger partial charge in [0.25, 0.3) is 5.56 Å². The topological polar surface area (TPSA) is 81.9 Å². The van der Waals surface area contributed by atoms with E-state index in [4.69, 9.17) is 27.9 Å². The molecule has 2 aromatic carbocycles. The largest absolute Gasteiger partial charge is 0.457 e. The molecule has 0 radical (unpaired) electrons. The monoisotopic (exact) mass is 500 g/mol. The fraction of sp³-hybridized carbons (Fsp3) is 0.320. The van der Waals surface area contributed by atoms with Crippen molar-refractivity contribution in [3.63, 3.8) is 0 Å². The fourth-order valence-electron chi connectivity index (χ4n) is 3.93. The van der Waals surface area contributed by atoms with Gasteiger partial charge in [-0.05, 0) is 66.8 Å². The van der Waals surface area contributed by atoms with Crippen molar-refractivity contribution < 1.29 is 4.74 Å². The maximum atomic E-state index is 13.1. The van der Waals surface area contributed by atoms with E-state index in [1.165, 1.54) is 4.57 Å². The molecule has 0 saturated heterocycles. The van der Waals surface area contributed by atoms with Crippen molar-refractivity contribution in [3.05, 3.63) is 85.2 Å². The molecule has 0 aliphatic heterocycles. The molecule has 0 amide bonds. The van der Waals surface area contributed by atoms with Crippen LogP contribution in [0.25, 0.3) is 11.2 Å².